The smallest absolute Gasteiger partial charge is 0.269 e. The second kappa shape index (κ2) is 8.32. The molecule has 1 N–H and O–H groups in total. The Balaban J connectivity index is 1.42. The van der Waals surface area contributed by atoms with Crippen molar-refractivity contribution in [3.63, 3.8) is 0 Å². The zero-order valence-corrected chi connectivity index (χ0v) is 16.2. The molecule has 2 heterocycles. The Morgan fingerprint density at radius 2 is 2.00 bits per heavy atom. The predicted molar refractivity (Wildman–Crippen MR) is 109 cm³/mol. The van der Waals surface area contributed by atoms with E-state index in [2.05, 4.69) is 28.5 Å². The molecule has 1 atom stereocenters. The highest BCUT2D eigenvalue weighted by Crippen LogP contribution is 2.37. The van der Waals surface area contributed by atoms with E-state index in [9.17, 15) is 4.79 Å². The molecule has 1 aliphatic heterocycles. The molecule has 3 aromatic rings. The molecule has 1 unspecified atom stereocenters. The summed E-state index contributed by atoms with van der Waals surface area (Å²) in [6, 6.07) is 20.0. The molecule has 0 aliphatic carbocycles. The maximum Gasteiger partial charge on any atom is 0.269 e. The van der Waals surface area contributed by atoms with Gasteiger partial charge in [0.25, 0.3) is 5.91 Å². The lowest BCUT2D eigenvalue weighted by atomic mass is 10.1. The van der Waals surface area contributed by atoms with Crippen LogP contribution in [0.2, 0.25) is 0 Å². The van der Waals surface area contributed by atoms with E-state index in [1.807, 2.05) is 47.0 Å². The number of nitrogens with zero attached hydrogens (tertiary/aromatic N) is 3. The van der Waals surface area contributed by atoms with Crippen LogP contribution in [0.15, 0.2) is 66.0 Å². The Bertz CT molecular complexity index is 1010. The zero-order valence-electron chi connectivity index (χ0n) is 15.3. The van der Waals surface area contributed by atoms with Crippen LogP contribution in [-0.4, -0.2) is 27.8 Å². The number of hydrogen-bond acceptors (Lipinski definition) is 4. The third-order valence-corrected chi connectivity index (χ3v) is 5.92. The van der Waals surface area contributed by atoms with Crippen molar-refractivity contribution in [1.82, 2.24) is 14.9 Å². The minimum Gasteiger partial charge on any atom is -0.351 e. The van der Waals surface area contributed by atoms with Crippen LogP contribution in [-0.2, 0) is 6.42 Å². The van der Waals surface area contributed by atoms with Crippen LogP contribution in [0.4, 0.5) is 0 Å². The molecule has 0 spiro atoms. The number of aromatic nitrogens is 2. The fourth-order valence-electron chi connectivity index (χ4n) is 3.40. The third-order valence-electron chi connectivity index (χ3n) is 4.87. The summed E-state index contributed by atoms with van der Waals surface area (Å²) in [4.78, 5) is 17.1. The number of carbonyl (C=O) groups is 1. The Kier molecular flexibility index (Phi) is 5.45. The summed E-state index contributed by atoms with van der Waals surface area (Å²) in [5.41, 5.74) is 3.59. The highest BCUT2D eigenvalue weighted by molar-refractivity contribution is 7.99. The van der Waals surface area contributed by atoms with Crippen molar-refractivity contribution in [2.75, 3.05) is 12.3 Å². The van der Waals surface area contributed by atoms with Gasteiger partial charge in [0, 0.05) is 12.3 Å². The van der Waals surface area contributed by atoms with E-state index in [0.717, 1.165) is 29.3 Å². The quantitative estimate of drug-likeness (QED) is 0.652. The molecule has 6 heteroatoms. The maximum absolute atomic E-state index is 12.7. The molecular weight excluding hydrogens is 368 g/mol. The van der Waals surface area contributed by atoms with Gasteiger partial charge in [-0.15, -0.1) is 0 Å². The van der Waals surface area contributed by atoms with Crippen molar-refractivity contribution in [3.05, 3.63) is 83.2 Å². The van der Waals surface area contributed by atoms with Crippen molar-refractivity contribution < 1.29 is 4.79 Å². The average Bonchev–Trinajstić information content (AvgIpc) is 3.34. The van der Waals surface area contributed by atoms with Gasteiger partial charge < -0.3 is 9.88 Å². The first-order chi connectivity index (χ1) is 13.8. The number of aryl methyl sites for hydroxylation is 1. The SMILES string of the molecule is N#Cc1ccc(C2CSc3ncc(C(=O)NCCCc4ccccc4)n32)cc1. The number of nitrogens with one attached hydrogen (secondary N) is 1. The Morgan fingerprint density at radius 1 is 1.21 bits per heavy atom. The third kappa shape index (κ3) is 3.80. The lowest BCUT2D eigenvalue weighted by Crippen LogP contribution is -2.28. The summed E-state index contributed by atoms with van der Waals surface area (Å²) in [7, 11) is 0. The summed E-state index contributed by atoms with van der Waals surface area (Å²) in [5, 5.41) is 12.9. The monoisotopic (exact) mass is 388 g/mol. The summed E-state index contributed by atoms with van der Waals surface area (Å²) in [5.74, 6) is 0.747. The summed E-state index contributed by atoms with van der Waals surface area (Å²) >= 11 is 1.65. The van der Waals surface area contributed by atoms with E-state index in [1.165, 1.54) is 5.56 Å². The van der Waals surface area contributed by atoms with Crippen LogP contribution in [0.3, 0.4) is 0 Å². The summed E-state index contributed by atoms with van der Waals surface area (Å²) in [6.07, 6.45) is 3.49. The molecule has 2 aromatic carbocycles. The van der Waals surface area contributed by atoms with Gasteiger partial charge >= 0.3 is 0 Å². The Morgan fingerprint density at radius 3 is 2.75 bits per heavy atom. The minimum absolute atomic E-state index is 0.0558. The zero-order chi connectivity index (χ0) is 19.3. The number of thioether (sulfide) groups is 1. The van der Waals surface area contributed by atoms with Crippen molar-refractivity contribution in [2.45, 2.75) is 24.0 Å². The molecular formula is C22H20N4OS. The number of carbonyl (C=O) groups excluding carboxylic acids is 1. The van der Waals surface area contributed by atoms with Crippen molar-refractivity contribution >= 4 is 17.7 Å². The minimum atomic E-state index is -0.0899. The van der Waals surface area contributed by atoms with E-state index < -0.39 is 0 Å². The molecule has 0 saturated carbocycles. The highest BCUT2D eigenvalue weighted by atomic mass is 32.2. The molecule has 0 radical (unpaired) electrons. The maximum atomic E-state index is 12.7. The summed E-state index contributed by atoms with van der Waals surface area (Å²) in [6.45, 7) is 0.628. The molecule has 0 bridgehead atoms. The van der Waals surface area contributed by atoms with Crippen LogP contribution in [0.1, 0.15) is 39.6 Å². The van der Waals surface area contributed by atoms with E-state index >= 15 is 0 Å². The fourth-order valence-corrected chi connectivity index (χ4v) is 4.54. The standard InChI is InChI=1S/C22H20N4OS/c23-13-17-8-10-18(11-9-17)20-15-28-22-25-14-19(26(20)22)21(27)24-12-4-7-16-5-2-1-3-6-16/h1-3,5-6,8-11,14,20H,4,7,12,15H2,(H,24,27). The van der Waals surface area contributed by atoms with Gasteiger partial charge in [0.1, 0.15) is 5.69 Å². The van der Waals surface area contributed by atoms with Crippen LogP contribution in [0.25, 0.3) is 0 Å². The first-order valence-electron chi connectivity index (χ1n) is 9.28. The lowest BCUT2D eigenvalue weighted by molar-refractivity contribution is 0.0942. The van der Waals surface area contributed by atoms with E-state index in [1.54, 1.807) is 18.0 Å². The topological polar surface area (TPSA) is 70.7 Å². The van der Waals surface area contributed by atoms with Gasteiger partial charge in [-0.3, -0.25) is 4.79 Å². The fraction of sp³-hybridized carbons (Fsp3) is 0.227. The molecule has 28 heavy (non-hydrogen) atoms. The number of amides is 1. The average molecular weight is 388 g/mol. The molecule has 0 fully saturated rings. The van der Waals surface area contributed by atoms with Crippen LogP contribution < -0.4 is 5.32 Å². The molecule has 1 aromatic heterocycles. The number of imidazole rings is 1. The number of hydrogen-bond donors (Lipinski definition) is 1. The molecule has 4 rings (SSSR count). The van der Waals surface area contributed by atoms with Gasteiger partial charge in [0.15, 0.2) is 5.16 Å². The first kappa shape index (κ1) is 18.3. The molecule has 5 nitrogen and oxygen atoms in total. The van der Waals surface area contributed by atoms with Gasteiger partial charge in [0.05, 0.1) is 23.9 Å². The van der Waals surface area contributed by atoms with Gasteiger partial charge in [-0.2, -0.15) is 5.26 Å². The largest absolute Gasteiger partial charge is 0.351 e. The lowest BCUT2D eigenvalue weighted by Gasteiger charge is -2.16. The van der Waals surface area contributed by atoms with E-state index in [4.69, 9.17) is 5.26 Å². The van der Waals surface area contributed by atoms with Crippen molar-refractivity contribution in [2.24, 2.45) is 0 Å². The molecule has 0 saturated heterocycles. The predicted octanol–water partition coefficient (Wildman–Crippen LogP) is 3.81. The summed E-state index contributed by atoms with van der Waals surface area (Å²) < 4.78 is 2.01. The number of fused-ring (bicyclic) bond motifs is 1. The van der Waals surface area contributed by atoms with Crippen molar-refractivity contribution in [3.8, 4) is 6.07 Å². The van der Waals surface area contributed by atoms with Gasteiger partial charge in [-0.25, -0.2) is 4.98 Å². The second-order valence-electron chi connectivity index (χ2n) is 6.70. The van der Waals surface area contributed by atoms with E-state index in [-0.39, 0.29) is 11.9 Å². The highest BCUT2D eigenvalue weighted by Gasteiger charge is 2.30. The van der Waals surface area contributed by atoms with Crippen LogP contribution in [0, 0.1) is 11.3 Å². The Labute approximate surface area is 168 Å². The molecule has 1 aliphatic rings. The molecule has 1 amide bonds. The van der Waals surface area contributed by atoms with Gasteiger partial charge in [0.2, 0.25) is 0 Å². The van der Waals surface area contributed by atoms with Crippen molar-refractivity contribution in [1.29, 1.82) is 5.26 Å². The van der Waals surface area contributed by atoms with Gasteiger partial charge in [-0.05, 0) is 36.1 Å². The van der Waals surface area contributed by atoms with E-state index in [0.29, 0.717) is 17.8 Å². The number of nitriles is 1. The molecule has 140 valence electrons. The second-order valence-corrected chi connectivity index (χ2v) is 7.69. The van der Waals surface area contributed by atoms with Crippen LogP contribution >= 0.6 is 11.8 Å². The normalized spacial score (nSPS) is 15.0. The first-order valence-corrected chi connectivity index (χ1v) is 10.3. The number of benzene rings is 2. The Hall–Kier alpha value is -3.04. The van der Waals surface area contributed by atoms with Crippen LogP contribution in [0.5, 0.6) is 0 Å². The van der Waals surface area contributed by atoms with Gasteiger partial charge in [-0.1, -0.05) is 54.2 Å². The number of rotatable bonds is 6.